The zero-order valence-electron chi connectivity index (χ0n) is 11.7. The summed E-state index contributed by atoms with van der Waals surface area (Å²) < 4.78 is 33.7. The molecule has 0 aliphatic heterocycles. The quantitative estimate of drug-likeness (QED) is 0.640. The molecule has 0 saturated carbocycles. The number of aryl methyl sites for hydroxylation is 1. The van der Waals surface area contributed by atoms with Crippen LogP contribution < -0.4 is 4.74 Å². The van der Waals surface area contributed by atoms with Crippen LogP contribution in [0, 0.1) is 18.6 Å². The largest absolute Gasteiger partial charge is 0.489 e. The Bertz CT molecular complexity index is 831. The van der Waals surface area contributed by atoms with Crippen LogP contribution in [0.1, 0.15) is 11.1 Å². The molecular formula is C17H12BrF2NO. The van der Waals surface area contributed by atoms with Crippen LogP contribution in [0.25, 0.3) is 10.9 Å². The van der Waals surface area contributed by atoms with Crippen molar-refractivity contribution in [2.75, 3.05) is 0 Å². The molecule has 0 saturated heterocycles. The van der Waals surface area contributed by atoms with E-state index in [2.05, 4.69) is 20.9 Å². The molecule has 0 amide bonds. The zero-order chi connectivity index (χ0) is 15.7. The molecule has 5 heteroatoms. The Hall–Kier alpha value is -2.01. The number of rotatable bonds is 3. The number of hydrogen-bond acceptors (Lipinski definition) is 2. The highest BCUT2D eigenvalue weighted by Crippen LogP contribution is 2.29. The third-order valence-electron chi connectivity index (χ3n) is 3.40. The van der Waals surface area contributed by atoms with Crippen molar-refractivity contribution in [1.29, 1.82) is 0 Å². The van der Waals surface area contributed by atoms with Crippen LogP contribution in [-0.4, -0.2) is 4.98 Å². The fourth-order valence-electron chi connectivity index (χ4n) is 2.28. The number of halogens is 3. The summed E-state index contributed by atoms with van der Waals surface area (Å²) in [5, 5.41) is 0.895. The van der Waals surface area contributed by atoms with E-state index in [4.69, 9.17) is 4.74 Å². The highest BCUT2D eigenvalue weighted by atomic mass is 79.9. The lowest BCUT2D eigenvalue weighted by atomic mass is 10.1. The number of nitrogens with zero attached hydrogens (tertiary/aromatic N) is 1. The van der Waals surface area contributed by atoms with Gasteiger partial charge in [0.05, 0.1) is 11.1 Å². The molecule has 22 heavy (non-hydrogen) atoms. The van der Waals surface area contributed by atoms with Gasteiger partial charge in [-0.25, -0.2) is 8.78 Å². The van der Waals surface area contributed by atoms with Crippen molar-refractivity contribution in [2.24, 2.45) is 0 Å². The number of ether oxygens (including phenoxy) is 1. The van der Waals surface area contributed by atoms with E-state index in [9.17, 15) is 8.78 Å². The van der Waals surface area contributed by atoms with Crippen molar-refractivity contribution in [2.45, 2.75) is 13.5 Å². The minimum Gasteiger partial charge on any atom is -0.489 e. The molecule has 3 rings (SSSR count). The maximum atomic E-state index is 13.6. The van der Waals surface area contributed by atoms with E-state index in [0.29, 0.717) is 5.75 Å². The number of benzene rings is 2. The molecule has 0 aliphatic carbocycles. The molecule has 0 radical (unpaired) electrons. The van der Waals surface area contributed by atoms with Gasteiger partial charge in [-0.2, -0.15) is 0 Å². The van der Waals surface area contributed by atoms with Crippen molar-refractivity contribution in [3.8, 4) is 5.75 Å². The monoisotopic (exact) mass is 363 g/mol. The zero-order valence-corrected chi connectivity index (χ0v) is 13.3. The van der Waals surface area contributed by atoms with E-state index >= 15 is 0 Å². The van der Waals surface area contributed by atoms with E-state index in [1.165, 1.54) is 18.2 Å². The highest BCUT2D eigenvalue weighted by Gasteiger charge is 2.11. The van der Waals surface area contributed by atoms with Gasteiger partial charge < -0.3 is 4.74 Å². The van der Waals surface area contributed by atoms with E-state index in [-0.39, 0.29) is 12.2 Å². The summed E-state index contributed by atoms with van der Waals surface area (Å²) in [5.74, 6) is -0.679. The van der Waals surface area contributed by atoms with Gasteiger partial charge in [0.1, 0.15) is 24.0 Å². The molecule has 3 aromatic rings. The molecule has 0 unspecified atom stereocenters. The number of hydrogen-bond donors (Lipinski definition) is 0. The molecule has 0 aliphatic rings. The number of fused-ring (bicyclic) bond motifs is 1. The minimum absolute atomic E-state index is 0.0782. The molecule has 1 aromatic heterocycles. The predicted molar refractivity (Wildman–Crippen MR) is 84.9 cm³/mol. The van der Waals surface area contributed by atoms with E-state index < -0.39 is 11.6 Å². The summed E-state index contributed by atoms with van der Waals surface area (Å²) in [6.45, 7) is 1.75. The molecule has 0 fully saturated rings. The lowest BCUT2D eigenvalue weighted by molar-refractivity contribution is 0.293. The molecule has 112 valence electrons. The van der Waals surface area contributed by atoms with Crippen LogP contribution in [0.4, 0.5) is 8.78 Å². The molecule has 2 nitrogen and oxygen atoms in total. The highest BCUT2D eigenvalue weighted by molar-refractivity contribution is 9.10. The van der Waals surface area contributed by atoms with Crippen LogP contribution in [0.5, 0.6) is 5.75 Å². The van der Waals surface area contributed by atoms with Gasteiger partial charge in [-0.05, 0) is 42.8 Å². The molecule has 0 spiro atoms. The Morgan fingerprint density at radius 3 is 2.59 bits per heavy atom. The first-order chi connectivity index (χ1) is 10.6. The van der Waals surface area contributed by atoms with Crippen molar-refractivity contribution in [3.05, 3.63) is 69.8 Å². The molecule has 0 bridgehead atoms. The van der Waals surface area contributed by atoms with Crippen LogP contribution in [0.2, 0.25) is 0 Å². The van der Waals surface area contributed by atoms with Crippen molar-refractivity contribution < 1.29 is 13.5 Å². The van der Waals surface area contributed by atoms with Gasteiger partial charge in [-0.1, -0.05) is 22.0 Å². The summed E-state index contributed by atoms with van der Waals surface area (Å²) in [7, 11) is 0. The summed E-state index contributed by atoms with van der Waals surface area (Å²) in [6.07, 6.45) is 1.72. The van der Waals surface area contributed by atoms with Crippen molar-refractivity contribution >= 4 is 26.8 Å². The first-order valence-electron chi connectivity index (χ1n) is 6.67. The second kappa shape index (κ2) is 6.01. The smallest absolute Gasteiger partial charge is 0.132 e. The summed E-state index contributed by atoms with van der Waals surface area (Å²) in [4.78, 5) is 4.32. The first-order valence-corrected chi connectivity index (χ1v) is 7.46. The van der Waals surface area contributed by atoms with E-state index in [1.54, 1.807) is 18.3 Å². The lowest BCUT2D eigenvalue weighted by Crippen LogP contribution is -2.02. The van der Waals surface area contributed by atoms with Crippen LogP contribution in [0.15, 0.2) is 47.1 Å². The van der Waals surface area contributed by atoms with Crippen LogP contribution in [0.3, 0.4) is 0 Å². The predicted octanol–water partition coefficient (Wildman–Crippen LogP) is 5.16. The van der Waals surface area contributed by atoms with Gasteiger partial charge in [-0.3, -0.25) is 4.98 Å². The second-order valence-corrected chi connectivity index (χ2v) is 5.77. The second-order valence-electron chi connectivity index (χ2n) is 4.92. The summed E-state index contributed by atoms with van der Waals surface area (Å²) in [5.41, 5.74) is 1.71. The van der Waals surface area contributed by atoms with E-state index in [0.717, 1.165) is 20.9 Å². The Labute approximate surface area is 134 Å². The number of pyridine rings is 1. The molecule has 1 heterocycles. The van der Waals surface area contributed by atoms with Crippen LogP contribution >= 0.6 is 15.9 Å². The Morgan fingerprint density at radius 2 is 1.86 bits per heavy atom. The third-order valence-corrected chi connectivity index (χ3v) is 4.09. The van der Waals surface area contributed by atoms with Gasteiger partial charge in [-0.15, -0.1) is 0 Å². The number of aromatic nitrogens is 1. The average molecular weight is 364 g/mol. The molecule has 0 atom stereocenters. The summed E-state index contributed by atoms with van der Waals surface area (Å²) >= 11 is 3.47. The van der Waals surface area contributed by atoms with Crippen molar-refractivity contribution in [1.82, 2.24) is 4.98 Å². The minimum atomic E-state index is -0.611. The van der Waals surface area contributed by atoms with Gasteiger partial charge in [0, 0.05) is 16.1 Å². The third kappa shape index (κ3) is 2.81. The van der Waals surface area contributed by atoms with E-state index in [1.807, 2.05) is 13.0 Å². The van der Waals surface area contributed by atoms with Gasteiger partial charge in [0.2, 0.25) is 0 Å². The van der Waals surface area contributed by atoms with Gasteiger partial charge >= 0.3 is 0 Å². The molecule has 2 aromatic carbocycles. The SMILES string of the molecule is Cc1cc(OCc2c(F)cccc2F)cc2c(Br)ccnc12. The molecule has 0 N–H and O–H groups in total. The fraction of sp³-hybridized carbons (Fsp3) is 0.118. The summed E-state index contributed by atoms with van der Waals surface area (Å²) in [6, 6.07) is 9.21. The first kappa shape index (κ1) is 14.9. The Balaban J connectivity index is 1.93. The normalized spacial score (nSPS) is 10.9. The van der Waals surface area contributed by atoms with Crippen LogP contribution in [-0.2, 0) is 6.61 Å². The lowest BCUT2D eigenvalue weighted by Gasteiger charge is -2.11. The average Bonchev–Trinajstić information content (AvgIpc) is 2.48. The van der Waals surface area contributed by atoms with Gasteiger partial charge in [0.25, 0.3) is 0 Å². The molecular weight excluding hydrogens is 352 g/mol. The van der Waals surface area contributed by atoms with Gasteiger partial charge in [0.15, 0.2) is 0 Å². The van der Waals surface area contributed by atoms with Crippen molar-refractivity contribution in [3.63, 3.8) is 0 Å². The fourth-order valence-corrected chi connectivity index (χ4v) is 2.70. The Morgan fingerprint density at radius 1 is 1.14 bits per heavy atom. The topological polar surface area (TPSA) is 22.1 Å². The Kier molecular flexibility index (Phi) is 4.07. The maximum absolute atomic E-state index is 13.6. The maximum Gasteiger partial charge on any atom is 0.132 e. The standard InChI is InChI=1S/C17H12BrF2NO/c1-10-7-11(8-12-14(18)5-6-21-17(10)12)22-9-13-15(19)3-2-4-16(13)20/h2-8H,9H2,1H3.